The Morgan fingerprint density at radius 2 is 2.33 bits per heavy atom. The van der Waals surface area contributed by atoms with Crippen molar-refractivity contribution in [1.82, 2.24) is 4.90 Å². The van der Waals surface area contributed by atoms with E-state index in [0.29, 0.717) is 0 Å². The Labute approximate surface area is 80.2 Å². The standard InChI is InChI=1S/C10H19NS/c1-11(2)8-9-4-6-10(12-3)7-5-9/h6,9H,4-5,7-8H2,1-3H3. The fourth-order valence-electron chi connectivity index (χ4n) is 1.73. The molecule has 1 nitrogen and oxygen atoms in total. The lowest BCUT2D eigenvalue weighted by atomic mass is 9.94. The Hall–Kier alpha value is 0.0500. The fourth-order valence-corrected chi connectivity index (χ4v) is 2.32. The maximum Gasteiger partial charge on any atom is 0.000664 e. The summed E-state index contributed by atoms with van der Waals surface area (Å²) in [5, 5.41) is 0. The lowest BCUT2D eigenvalue weighted by Gasteiger charge is -2.23. The quantitative estimate of drug-likeness (QED) is 0.665. The number of thioether (sulfide) groups is 1. The summed E-state index contributed by atoms with van der Waals surface area (Å²) in [6, 6.07) is 0. The first-order valence-electron chi connectivity index (χ1n) is 4.60. The van der Waals surface area contributed by atoms with Crippen LogP contribution in [0.15, 0.2) is 11.0 Å². The van der Waals surface area contributed by atoms with Crippen molar-refractivity contribution in [1.29, 1.82) is 0 Å². The molecule has 1 aliphatic carbocycles. The normalized spacial score (nSPS) is 24.3. The molecule has 2 heteroatoms. The van der Waals surface area contributed by atoms with Crippen LogP contribution in [-0.2, 0) is 0 Å². The van der Waals surface area contributed by atoms with Gasteiger partial charge in [-0.05, 0) is 50.4 Å². The van der Waals surface area contributed by atoms with Gasteiger partial charge in [-0.25, -0.2) is 0 Å². The van der Waals surface area contributed by atoms with Crippen molar-refractivity contribution in [2.45, 2.75) is 19.3 Å². The van der Waals surface area contributed by atoms with Gasteiger partial charge in [0.25, 0.3) is 0 Å². The molecule has 0 bridgehead atoms. The smallest absolute Gasteiger partial charge is 0.000664 e. The number of allylic oxidation sites excluding steroid dienone is 2. The first kappa shape index (κ1) is 10.1. The molecule has 1 atom stereocenters. The van der Waals surface area contributed by atoms with Crippen LogP contribution in [-0.4, -0.2) is 31.8 Å². The highest BCUT2D eigenvalue weighted by Crippen LogP contribution is 2.29. The van der Waals surface area contributed by atoms with E-state index in [9.17, 15) is 0 Å². The van der Waals surface area contributed by atoms with Crippen LogP contribution in [0.1, 0.15) is 19.3 Å². The summed E-state index contributed by atoms with van der Waals surface area (Å²) in [6.45, 7) is 1.25. The largest absolute Gasteiger partial charge is 0.309 e. The van der Waals surface area contributed by atoms with E-state index in [0.717, 1.165) is 5.92 Å². The highest BCUT2D eigenvalue weighted by Gasteiger charge is 2.14. The second-order valence-electron chi connectivity index (χ2n) is 3.78. The Kier molecular flexibility index (Phi) is 4.16. The van der Waals surface area contributed by atoms with E-state index in [4.69, 9.17) is 0 Å². The molecule has 1 rings (SSSR count). The van der Waals surface area contributed by atoms with E-state index >= 15 is 0 Å². The van der Waals surface area contributed by atoms with Gasteiger partial charge in [0.15, 0.2) is 0 Å². The SMILES string of the molecule is CSC1=CCC(CN(C)C)CC1. The van der Waals surface area contributed by atoms with Crippen LogP contribution in [0.4, 0.5) is 0 Å². The second-order valence-corrected chi connectivity index (χ2v) is 4.71. The second kappa shape index (κ2) is 4.93. The molecule has 70 valence electrons. The summed E-state index contributed by atoms with van der Waals surface area (Å²) in [7, 11) is 4.32. The molecule has 0 N–H and O–H groups in total. The van der Waals surface area contributed by atoms with Gasteiger partial charge in [0.1, 0.15) is 0 Å². The predicted molar refractivity (Wildman–Crippen MR) is 57.5 cm³/mol. The highest BCUT2D eigenvalue weighted by atomic mass is 32.2. The van der Waals surface area contributed by atoms with Gasteiger partial charge in [0, 0.05) is 6.54 Å². The van der Waals surface area contributed by atoms with Crippen LogP contribution >= 0.6 is 11.8 Å². The first-order valence-corrected chi connectivity index (χ1v) is 5.82. The van der Waals surface area contributed by atoms with E-state index in [-0.39, 0.29) is 0 Å². The van der Waals surface area contributed by atoms with Gasteiger partial charge in [-0.15, -0.1) is 11.8 Å². The lowest BCUT2D eigenvalue weighted by Crippen LogP contribution is -2.22. The molecule has 0 heterocycles. The van der Waals surface area contributed by atoms with Gasteiger partial charge < -0.3 is 4.90 Å². The van der Waals surface area contributed by atoms with Gasteiger partial charge in [-0.2, -0.15) is 0 Å². The molecule has 1 aliphatic rings. The Balaban J connectivity index is 2.31. The molecule has 0 aromatic carbocycles. The molecular weight excluding hydrogens is 166 g/mol. The summed E-state index contributed by atoms with van der Waals surface area (Å²) in [5.41, 5.74) is 0. The third-order valence-electron chi connectivity index (χ3n) is 2.36. The van der Waals surface area contributed by atoms with Crippen LogP contribution in [0.25, 0.3) is 0 Å². The molecule has 0 aromatic rings. The topological polar surface area (TPSA) is 3.24 Å². The fraction of sp³-hybridized carbons (Fsp3) is 0.800. The zero-order valence-corrected chi connectivity index (χ0v) is 9.16. The molecule has 0 saturated heterocycles. The van der Waals surface area contributed by atoms with E-state index < -0.39 is 0 Å². The average Bonchev–Trinajstić information content (AvgIpc) is 2.05. The van der Waals surface area contributed by atoms with Gasteiger partial charge in [-0.3, -0.25) is 0 Å². The minimum atomic E-state index is 0.899. The Bertz CT molecular complexity index is 163. The number of nitrogens with zero attached hydrogens (tertiary/aromatic N) is 1. The van der Waals surface area contributed by atoms with Crippen LogP contribution in [0.2, 0.25) is 0 Å². The third-order valence-corrected chi connectivity index (χ3v) is 3.26. The van der Waals surface area contributed by atoms with Crippen molar-refractivity contribution >= 4 is 11.8 Å². The monoisotopic (exact) mass is 185 g/mol. The summed E-state index contributed by atoms with van der Waals surface area (Å²) in [4.78, 5) is 3.88. The van der Waals surface area contributed by atoms with Crippen molar-refractivity contribution in [3.63, 3.8) is 0 Å². The van der Waals surface area contributed by atoms with Crippen LogP contribution in [0, 0.1) is 5.92 Å². The molecule has 12 heavy (non-hydrogen) atoms. The van der Waals surface area contributed by atoms with Gasteiger partial charge in [-0.1, -0.05) is 6.08 Å². The molecule has 0 saturated carbocycles. The zero-order valence-electron chi connectivity index (χ0n) is 8.34. The molecule has 0 aliphatic heterocycles. The van der Waals surface area contributed by atoms with Crippen molar-refractivity contribution < 1.29 is 0 Å². The lowest BCUT2D eigenvalue weighted by molar-refractivity contribution is 0.309. The Morgan fingerprint density at radius 1 is 1.58 bits per heavy atom. The summed E-state index contributed by atoms with van der Waals surface area (Å²) < 4.78 is 0. The predicted octanol–water partition coefficient (Wildman–Crippen LogP) is 2.60. The van der Waals surface area contributed by atoms with Crippen LogP contribution in [0.3, 0.4) is 0 Å². The molecule has 0 aromatic heterocycles. The van der Waals surface area contributed by atoms with Gasteiger partial charge in [0.2, 0.25) is 0 Å². The average molecular weight is 185 g/mol. The van der Waals surface area contributed by atoms with E-state index in [1.807, 2.05) is 11.8 Å². The number of hydrogen-bond donors (Lipinski definition) is 0. The minimum absolute atomic E-state index is 0.899. The van der Waals surface area contributed by atoms with Crippen molar-refractivity contribution in [3.05, 3.63) is 11.0 Å². The van der Waals surface area contributed by atoms with E-state index in [1.165, 1.54) is 25.8 Å². The minimum Gasteiger partial charge on any atom is -0.309 e. The van der Waals surface area contributed by atoms with E-state index in [1.54, 1.807) is 4.91 Å². The van der Waals surface area contributed by atoms with Crippen molar-refractivity contribution in [3.8, 4) is 0 Å². The first-order chi connectivity index (χ1) is 5.72. The summed E-state index contributed by atoms with van der Waals surface area (Å²) in [5.74, 6) is 0.899. The zero-order chi connectivity index (χ0) is 8.97. The molecule has 0 fully saturated rings. The highest BCUT2D eigenvalue weighted by molar-refractivity contribution is 8.02. The van der Waals surface area contributed by atoms with Crippen molar-refractivity contribution in [2.24, 2.45) is 5.92 Å². The molecule has 0 spiro atoms. The number of rotatable bonds is 3. The third kappa shape index (κ3) is 3.20. The van der Waals surface area contributed by atoms with Gasteiger partial charge >= 0.3 is 0 Å². The Morgan fingerprint density at radius 3 is 2.75 bits per heavy atom. The molecule has 1 unspecified atom stereocenters. The van der Waals surface area contributed by atoms with Gasteiger partial charge in [0.05, 0.1) is 0 Å². The molecule has 0 amide bonds. The molecular formula is C10H19NS. The number of hydrogen-bond acceptors (Lipinski definition) is 2. The maximum atomic E-state index is 2.42. The van der Waals surface area contributed by atoms with Crippen LogP contribution in [0.5, 0.6) is 0 Å². The summed E-state index contributed by atoms with van der Waals surface area (Å²) >= 11 is 1.91. The molecule has 0 radical (unpaired) electrons. The maximum absolute atomic E-state index is 2.42. The van der Waals surface area contributed by atoms with Crippen molar-refractivity contribution in [2.75, 3.05) is 26.9 Å². The summed E-state index contributed by atoms with van der Waals surface area (Å²) in [6.07, 6.45) is 8.57. The van der Waals surface area contributed by atoms with E-state index in [2.05, 4.69) is 31.3 Å². The van der Waals surface area contributed by atoms with Crippen LogP contribution < -0.4 is 0 Å².